The van der Waals surface area contributed by atoms with Gasteiger partial charge >= 0.3 is 0 Å². The van der Waals surface area contributed by atoms with Crippen molar-refractivity contribution in [2.45, 2.75) is 13.8 Å². The van der Waals surface area contributed by atoms with Crippen LogP contribution >= 0.6 is 0 Å². The van der Waals surface area contributed by atoms with E-state index < -0.39 is 0 Å². The Labute approximate surface area is 110 Å². The molecule has 0 spiro atoms. The number of hydrogen-bond acceptors (Lipinski definition) is 3. The highest BCUT2D eigenvalue weighted by Crippen LogP contribution is 2.14. The van der Waals surface area contributed by atoms with Crippen molar-refractivity contribution in [2.75, 3.05) is 5.73 Å². The van der Waals surface area contributed by atoms with Crippen LogP contribution in [-0.4, -0.2) is 14.8 Å². The van der Waals surface area contributed by atoms with Gasteiger partial charge in [-0.2, -0.15) is 5.10 Å². The smallest absolute Gasteiger partial charge is 0.264 e. The van der Waals surface area contributed by atoms with Gasteiger partial charge < -0.3 is 5.73 Å². The van der Waals surface area contributed by atoms with Crippen LogP contribution in [-0.2, 0) is 0 Å². The van der Waals surface area contributed by atoms with Crippen LogP contribution in [0.3, 0.4) is 0 Å². The van der Waals surface area contributed by atoms with E-state index in [1.807, 2.05) is 26.0 Å². The van der Waals surface area contributed by atoms with Crippen molar-refractivity contribution in [2.24, 2.45) is 0 Å². The van der Waals surface area contributed by atoms with E-state index in [4.69, 9.17) is 5.73 Å². The zero-order valence-corrected chi connectivity index (χ0v) is 10.9. The zero-order chi connectivity index (χ0) is 13.8. The van der Waals surface area contributed by atoms with Gasteiger partial charge in [-0.1, -0.05) is 19.9 Å². The maximum atomic E-state index is 12.2. The van der Waals surface area contributed by atoms with Crippen LogP contribution in [0.2, 0.25) is 0 Å². The number of rotatable bonds is 1. The Balaban J connectivity index is 0.000000637. The lowest BCUT2D eigenvalue weighted by molar-refractivity contribution is 0.927. The molecule has 0 aliphatic heterocycles. The lowest BCUT2D eigenvalue weighted by atomic mass is 10.1. The number of aromatic amines is 1. The summed E-state index contributed by atoms with van der Waals surface area (Å²) in [5, 5.41) is 8.06. The summed E-state index contributed by atoms with van der Waals surface area (Å²) in [6, 6.07) is 8.91. The number of nitrogens with zero attached hydrogens (tertiary/aromatic N) is 2. The van der Waals surface area contributed by atoms with Gasteiger partial charge in [0.15, 0.2) is 0 Å². The van der Waals surface area contributed by atoms with E-state index in [0.717, 1.165) is 5.39 Å². The third-order valence-electron chi connectivity index (χ3n) is 2.68. The molecule has 3 N–H and O–H groups in total. The number of nitrogens with one attached hydrogen (secondary N) is 1. The van der Waals surface area contributed by atoms with Crippen molar-refractivity contribution < 1.29 is 0 Å². The van der Waals surface area contributed by atoms with Crippen molar-refractivity contribution in [1.29, 1.82) is 0 Å². The number of H-pyrrole nitrogens is 1. The standard InChI is InChI=1S/C12H10N4O.C2H6/c13-9-2-1-8-4-6-16(11-3-5-14-15-11)12(17)10(8)7-9;1-2/h1-7H,13H2,(H,14,15);1-2H3. The Kier molecular flexibility index (Phi) is 3.66. The topological polar surface area (TPSA) is 76.7 Å². The molecule has 2 aromatic heterocycles. The molecule has 98 valence electrons. The van der Waals surface area contributed by atoms with E-state index in [2.05, 4.69) is 10.2 Å². The summed E-state index contributed by atoms with van der Waals surface area (Å²) < 4.78 is 1.51. The number of anilines is 1. The Morgan fingerprint density at radius 1 is 1.21 bits per heavy atom. The second-order valence-corrected chi connectivity index (χ2v) is 3.78. The van der Waals surface area contributed by atoms with Crippen LogP contribution in [0.4, 0.5) is 5.69 Å². The highest BCUT2D eigenvalue weighted by atomic mass is 16.1. The molecule has 0 bridgehead atoms. The molecule has 0 amide bonds. The molecule has 0 unspecified atom stereocenters. The fourth-order valence-corrected chi connectivity index (χ4v) is 1.83. The fourth-order valence-electron chi connectivity index (χ4n) is 1.83. The molecule has 3 rings (SSSR count). The quantitative estimate of drug-likeness (QED) is 0.656. The minimum Gasteiger partial charge on any atom is -0.399 e. The molecule has 0 aliphatic carbocycles. The molecule has 3 aromatic rings. The SMILES string of the molecule is CC.Nc1ccc2ccn(-c3ccn[nH]3)c(=O)c2c1. The van der Waals surface area contributed by atoms with Crippen molar-refractivity contribution in [3.63, 3.8) is 0 Å². The number of fused-ring (bicyclic) bond motifs is 1. The molecule has 19 heavy (non-hydrogen) atoms. The fraction of sp³-hybridized carbons (Fsp3) is 0.143. The monoisotopic (exact) mass is 256 g/mol. The summed E-state index contributed by atoms with van der Waals surface area (Å²) >= 11 is 0. The Morgan fingerprint density at radius 2 is 2.00 bits per heavy atom. The molecule has 0 saturated heterocycles. The number of benzene rings is 1. The van der Waals surface area contributed by atoms with Crippen LogP contribution in [0.5, 0.6) is 0 Å². The van der Waals surface area contributed by atoms with Crippen LogP contribution in [0, 0.1) is 0 Å². The van der Waals surface area contributed by atoms with Gasteiger partial charge in [-0.3, -0.25) is 14.5 Å². The predicted octanol–water partition coefficient (Wildman–Crippen LogP) is 2.32. The minimum atomic E-state index is -0.112. The lowest BCUT2D eigenvalue weighted by Crippen LogP contribution is -2.18. The van der Waals surface area contributed by atoms with E-state index in [1.54, 1.807) is 30.6 Å². The maximum Gasteiger partial charge on any atom is 0.264 e. The van der Waals surface area contributed by atoms with Crippen molar-refractivity contribution >= 4 is 16.5 Å². The second-order valence-electron chi connectivity index (χ2n) is 3.78. The number of hydrogen-bond donors (Lipinski definition) is 2. The first-order chi connectivity index (χ1) is 9.25. The molecule has 0 fully saturated rings. The molecular weight excluding hydrogens is 240 g/mol. The molecule has 0 saturated carbocycles. The lowest BCUT2D eigenvalue weighted by Gasteiger charge is -2.04. The largest absolute Gasteiger partial charge is 0.399 e. The Morgan fingerprint density at radius 3 is 2.68 bits per heavy atom. The molecule has 0 atom stereocenters. The van der Waals surface area contributed by atoms with Gasteiger partial charge in [-0.15, -0.1) is 0 Å². The van der Waals surface area contributed by atoms with Gasteiger partial charge in [-0.25, -0.2) is 0 Å². The molecule has 5 heteroatoms. The molecule has 0 aliphatic rings. The van der Waals surface area contributed by atoms with Gasteiger partial charge in [0.05, 0.1) is 6.20 Å². The average molecular weight is 256 g/mol. The summed E-state index contributed by atoms with van der Waals surface area (Å²) in [4.78, 5) is 12.2. The van der Waals surface area contributed by atoms with Crippen LogP contribution in [0.25, 0.3) is 16.6 Å². The number of pyridine rings is 1. The summed E-state index contributed by atoms with van der Waals surface area (Å²) in [5.41, 5.74) is 6.16. The van der Waals surface area contributed by atoms with E-state index >= 15 is 0 Å². The van der Waals surface area contributed by atoms with E-state index in [1.165, 1.54) is 4.57 Å². The van der Waals surface area contributed by atoms with Crippen molar-refractivity contribution in [1.82, 2.24) is 14.8 Å². The first-order valence-electron chi connectivity index (χ1n) is 6.16. The Hall–Kier alpha value is -2.56. The van der Waals surface area contributed by atoms with Gasteiger partial charge in [0.1, 0.15) is 5.82 Å². The highest BCUT2D eigenvalue weighted by Gasteiger charge is 2.05. The van der Waals surface area contributed by atoms with Crippen LogP contribution in [0.15, 0.2) is 47.5 Å². The molecule has 1 aromatic carbocycles. The van der Waals surface area contributed by atoms with Gasteiger partial charge in [0.2, 0.25) is 0 Å². The van der Waals surface area contributed by atoms with E-state index in [-0.39, 0.29) is 5.56 Å². The third-order valence-corrected chi connectivity index (χ3v) is 2.68. The van der Waals surface area contributed by atoms with Crippen LogP contribution < -0.4 is 11.3 Å². The highest BCUT2D eigenvalue weighted by molar-refractivity contribution is 5.84. The number of aromatic nitrogens is 3. The van der Waals surface area contributed by atoms with E-state index in [9.17, 15) is 4.79 Å². The molecule has 5 nitrogen and oxygen atoms in total. The minimum absolute atomic E-state index is 0.112. The van der Waals surface area contributed by atoms with Gasteiger partial charge in [0, 0.05) is 23.3 Å². The van der Waals surface area contributed by atoms with Gasteiger partial charge in [0.25, 0.3) is 5.56 Å². The third kappa shape index (κ3) is 2.35. The molecule has 0 radical (unpaired) electrons. The van der Waals surface area contributed by atoms with E-state index in [0.29, 0.717) is 16.9 Å². The molecule has 2 heterocycles. The first-order valence-corrected chi connectivity index (χ1v) is 6.16. The normalized spacial score (nSPS) is 10.0. The Bertz CT molecular complexity index is 729. The number of nitrogen functional groups attached to an aromatic ring is 1. The summed E-state index contributed by atoms with van der Waals surface area (Å²) in [5.74, 6) is 0.638. The van der Waals surface area contributed by atoms with Crippen molar-refractivity contribution in [3.8, 4) is 5.82 Å². The van der Waals surface area contributed by atoms with Gasteiger partial charge in [-0.05, 0) is 23.6 Å². The number of nitrogens with two attached hydrogens (primary N) is 1. The zero-order valence-electron chi connectivity index (χ0n) is 10.9. The van der Waals surface area contributed by atoms with Crippen LogP contribution in [0.1, 0.15) is 13.8 Å². The first kappa shape index (κ1) is 12.9. The summed E-state index contributed by atoms with van der Waals surface area (Å²) in [7, 11) is 0. The maximum absolute atomic E-state index is 12.2. The summed E-state index contributed by atoms with van der Waals surface area (Å²) in [6.45, 7) is 4.00. The predicted molar refractivity (Wildman–Crippen MR) is 77.5 cm³/mol. The average Bonchev–Trinajstić information content (AvgIpc) is 2.96. The summed E-state index contributed by atoms with van der Waals surface area (Å²) in [6.07, 6.45) is 3.32. The molecular formula is C14H16N4O. The second kappa shape index (κ2) is 5.39. The van der Waals surface area contributed by atoms with Crippen molar-refractivity contribution in [3.05, 3.63) is 53.1 Å².